The summed E-state index contributed by atoms with van der Waals surface area (Å²) in [5.41, 5.74) is 13.0. The average Bonchev–Trinajstić information content (AvgIpc) is 3.27. The number of benzene rings is 1. The molecule has 1 heterocycles. The molecule has 0 fully saturated rings. The van der Waals surface area contributed by atoms with Crippen LogP contribution < -0.4 is 27.4 Å². The van der Waals surface area contributed by atoms with Gasteiger partial charge in [-0.2, -0.15) is 11.8 Å². The monoisotopic (exact) mass is 564 g/mol. The van der Waals surface area contributed by atoms with E-state index in [4.69, 9.17) is 16.6 Å². The molecule has 0 radical (unpaired) electrons. The minimum absolute atomic E-state index is 0.0511. The molecule has 0 saturated heterocycles. The summed E-state index contributed by atoms with van der Waals surface area (Å²) >= 11 is 1.34. The average molecular weight is 565 g/mol. The largest absolute Gasteiger partial charge is 0.481 e. The molecule has 1 aromatic heterocycles. The Labute approximate surface area is 227 Å². The summed E-state index contributed by atoms with van der Waals surface area (Å²) in [6.07, 6.45) is 2.17. The van der Waals surface area contributed by atoms with Crippen LogP contribution in [0.5, 0.6) is 0 Å². The maximum atomic E-state index is 13.0. The number of carbonyl (C=O) groups is 6. The lowest BCUT2D eigenvalue weighted by Gasteiger charge is -2.24. The Hall–Kier alpha value is -4.11. The van der Waals surface area contributed by atoms with E-state index in [-0.39, 0.29) is 12.8 Å². The van der Waals surface area contributed by atoms with Gasteiger partial charge >= 0.3 is 11.9 Å². The number of H-pyrrole nitrogens is 1. The predicted octanol–water partition coefficient (Wildman–Crippen LogP) is -1.32. The summed E-state index contributed by atoms with van der Waals surface area (Å²) in [4.78, 5) is 75.6. The molecule has 10 N–H and O–H groups in total. The van der Waals surface area contributed by atoms with Gasteiger partial charge in [-0.05, 0) is 36.5 Å². The van der Waals surface area contributed by atoms with Crippen molar-refractivity contribution in [3.63, 3.8) is 0 Å². The van der Waals surface area contributed by atoms with Gasteiger partial charge in [-0.25, -0.2) is 4.79 Å². The van der Waals surface area contributed by atoms with E-state index >= 15 is 0 Å². The first-order valence-electron chi connectivity index (χ1n) is 11.9. The summed E-state index contributed by atoms with van der Waals surface area (Å²) in [6, 6.07) is 1.84. The summed E-state index contributed by atoms with van der Waals surface area (Å²) < 4.78 is 0. The van der Waals surface area contributed by atoms with Crippen molar-refractivity contribution in [2.45, 2.75) is 49.9 Å². The zero-order valence-electron chi connectivity index (χ0n) is 21.1. The van der Waals surface area contributed by atoms with Gasteiger partial charge in [-0.15, -0.1) is 0 Å². The Balaban J connectivity index is 2.13. The van der Waals surface area contributed by atoms with Crippen molar-refractivity contribution in [2.75, 3.05) is 12.0 Å². The molecule has 0 bridgehead atoms. The highest BCUT2D eigenvalue weighted by molar-refractivity contribution is 7.98. The molecule has 4 atom stereocenters. The molecule has 39 heavy (non-hydrogen) atoms. The highest BCUT2D eigenvalue weighted by atomic mass is 32.2. The van der Waals surface area contributed by atoms with Crippen LogP contribution in [0, 0.1) is 0 Å². The number of thioether (sulfide) groups is 1. The van der Waals surface area contributed by atoms with E-state index in [1.807, 2.05) is 24.3 Å². The summed E-state index contributed by atoms with van der Waals surface area (Å²) in [5, 5.41) is 25.9. The van der Waals surface area contributed by atoms with Crippen LogP contribution in [0.25, 0.3) is 10.9 Å². The number of aromatic amines is 1. The van der Waals surface area contributed by atoms with Gasteiger partial charge < -0.3 is 42.6 Å². The van der Waals surface area contributed by atoms with E-state index < -0.39 is 72.6 Å². The Morgan fingerprint density at radius 2 is 1.54 bits per heavy atom. The van der Waals surface area contributed by atoms with Crippen LogP contribution >= 0.6 is 11.8 Å². The van der Waals surface area contributed by atoms with Gasteiger partial charge in [0, 0.05) is 17.1 Å². The van der Waals surface area contributed by atoms with Gasteiger partial charge in [0.1, 0.15) is 18.1 Å². The second kappa shape index (κ2) is 14.7. The van der Waals surface area contributed by atoms with Gasteiger partial charge in [0.25, 0.3) is 0 Å². The molecular formula is C24H32N6O8S. The predicted molar refractivity (Wildman–Crippen MR) is 142 cm³/mol. The number of nitrogens with two attached hydrogens (primary N) is 2. The molecule has 2 aromatic rings. The van der Waals surface area contributed by atoms with Crippen molar-refractivity contribution in [1.82, 2.24) is 20.9 Å². The van der Waals surface area contributed by atoms with Gasteiger partial charge in [0.15, 0.2) is 0 Å². The number of hydrogen-bond donors (Lipinski definition) is 8. The van der Waals surface area contributed by atoms with E-state index in [9.17, 15) is 33.9 Å². The third kappa shape index (κ3) is 9.61. The van der Waals surface area contributed by atoms with Crippen molar-refractivity contribution in [2.24, 2.45) is 11.5 Å². The fraction of sp³-hybridized carbons (Fsp3) is 0.417. The molecule has 2 rings (SSSR count). The molecule has 212 valence electrons. The van der Waals surface area contributed by atoms with Crippen molar-refractivity contribution in [1.29, 1.82) is 0 Å². The lowest BCUT2D eigenvalue weighted by atomic mass is 10.0. The van der Waals surface area contributed by atoms with Crippen LogP contribution in [0.2, 0.25) is 0 Å². The van der Waals surface area contributed by atoms with Crippen LogP contribution in [0.1, 0.15) is 24.8 Å². The molecule has 4 unspecified atom stereocenters. The number of carboxylic acids is 2. The van der Waals surface area contributed by atoms with E-state index in [0.717, 1.165) is 16.5 Å². The SMILES string of the molecule is CSCCC(NC(=O)C(CC(N)=O)NC(=O)C(N)Cc1c[nH]c2ccccc12)C(=O)NC(CC(=O)O)C(=O)O. The molecule has 0 spiro atoms. The van der Waals surface area contributed by atoms with Crippen molar-refractivity contribution < 1.29 is 39.0 Å². The Bertz CT molecular complexity index is 1220. The molecular weight excluding hydrogens is 532 g/mol. The highest BCUT2D eigenvalue weighted by Gasteiger charge is 2.31. The van der Waals surface area contributed by atoms with Crippen molar-refractivity contribution in [3.05, 3.63) is 36.0 Å². The third-order valence-electron chi connectivity index (χ3n) is 5.73. The molecule has 1 aromatic carbocycles. The maximum Gasteiger partial charge on any atom is 0.326 e. The van der Waals surface area contributed by atoms with E-state index in [1.54, 1.807) is 12.5 Å². The smallest absolute Gasteiger partial charge is 0.326 e. The highest BCUT2D eigenvalue weighted by Crippen LogP contribution is 2.18. The molecule has 0 aliphatic heterocycles. The molecule has 14 nitrogen and oxygen atoms in total. The minimum atomic E-state index is -1.73. The first-order chi connectivity index (χ1) is 18.4. The van der Waals surface area contributed by atoms with Crippen molar-refractivity contribution >= 4 is 58.2 Å². The molecule has 0 saturated carbocycles. The number of aliphatic carboxylic acids is 2. The normalized spacial score (nSPS) is 14.0. The Morgan fingerprint density at radius 1 is 0.923 bits per heavy atom. The van der Waals surface area contributed by atoms with E-state index in [2.05, 4.69) is 20.9 Å². The number of aromatic nitrogens is 1. The number of primary amides is 1. The first kappa shape index (κ1) is 31.1. The summed E-state index contributed by atoms with van der Waals surface area (Å²) in [6.45, 7) is 0. The van der Waals surface area contributed by atoms with Crippen LogP contribution in [0.3, 0.4) is 0 Å². The molecule has 4 amide bonds. The molecule has 0 aliphatic carbocycles. The Morgan fingerprint density at radius 3 is 2.15 bits per heavy atom. The Kier molecular flexibility index (Phi) is 11.7. The van der Waals surface area contributed by atoms with E-state index in [0.29, 0.717) is 5.75 Å². The number of amides is 4. The zero-order valence-corrected chi connectivity index (χ0v) is 22.0. The maximum absolute atomic E-state index is 13.0. The second-order valence-corrected chi connectivity index (χ2v) is 9.73. The van der Waals surface area contributed by atoms with Gasteiger partial charge in [-0.1, -0.05) is 18.2 Å². The summed E-state index contributed by atoms with van der Waals surface area (Å²) in [7, 11) is 0. The van der Waals surface area contributed by atoms with Gasteiger partial charge in [-0.3, -0.25) is 24.0 Å². The second-order valence-electron chi connectivity index (χ2n) is 8.74. The van der Waals surface area contributed by atoms with Crippen LogP contribution in [0.15, 0.2) is 30.5 Å². The number of hydrogen-bond acceptors (Lipinski definition) is 8. The number of para-hydroxylation sites is 1. The number of fused-ring (bicyclic) bond motifs is 1. The number of carbonyl (C=O) groups excluding carboxylic acids is 4. The lowest BCUT2D eigenvalue weighted by molar-refractivity contribution is -0.147. The van der Waals surface area contributed by atoms with Crippen molar-refractivity contribution in [3.8, 4) is 0 Å². The fourth-order valence-corrected chi connectivity index (χ4v) is 4.21. The van der Waals surface area contributed by atoms with Gasteiger partial charge in [0.2, 0.25) is 23.6 Å². The van der Waals surface area contributed by atoms with Crippen LogP contribution in [-0.2, 0) is 35.2 Å². The van der Waals surface area contributed by atoms with Gasteiger partial charge in [0.05, 0.1) is 18.9 Å². The van der Waals surface area contributed by atoms with E-state index in [1.165, 1.54) is 11.8 Å². The molecule has 0 aliphatic rings. The first-order valence-corrected chi connectivity index (χ1v) is 13.3. The minimum Gasteiger partial charge on any atom is -0.481 e. The van der Waals surface area contributed by atoms with Crippen LogP contribution in [0.4, 0.5) is 0 Å². The number of nitrogens with one attached hydrogen (secondary N) is 4. The summed E-state index contributed by atoms with van der Waals surface area (Å²) in [5.74, 6) is -6.14. The number of carboxylic acid groups (broad SMARTS) is 2. The zero-order chi connectivity index (χ0) is 29.1. The lowest BCUT2D eigenvalue weighted by Crippen LogP contribution is -2.58. The third-order valence-corrected chi connectivity index (χ3v) is 6.37. The molecule has 15 heteroatoms. The number of rotatable bonds is 16. The standard InChI is InChI=1S/C24H32N6O8S/c1-39-7-6-16(22(35)30-18(24(37)38)10-20(32)33)28-23(36)17(9-19(26)31)29-21(34)14(25)8-12-11-27-15-5-3-2-4-13(12)15/h2-5,11,14,16-18,27H,6-10,25H2,1H3,(H2,26,31)(H,28,36)(H,29,34)(H,30,35)(H,32,33)(H,37,38). The van der Waals surface area contributed by atoms with Crippen LogP contribution in [-0.4, -0.2) is 86.9 Å². The quantitative estimate of drug-likeness (QED) is 0.119. The topological polar surface area (TPSA) is 247 Å². The fourth-order valence-electron chi connectivity index (χ4n) is 3.74.